The van der Waals surface area contributed by atoms with Crippen LogP contribution < -0.4 is 5.32 Å². The van der Waals surface area contributed by atoms with Gasteiger partial charge in [-0.2, -0.15) is 0 Å². The Kier molecular flexibility index (Phi) is 4.49. The quantitative estimate of drug-likeness (QED) is 0.875. The summed E-state index contributed by atoms with van der Waals surface area (Å²) in [5.74, 6) is -0.0775. The van der Waals surface area contributed by atoms with E-state index in [1.807, 2.05) is 0 Å². The Labute approximate surface area is 116 Å². The van der Waals surface area contributed by atoms with E-state index in [2.05, 4.69) is 5.32 Å². The number of rotatable bonds is 2. The maximum Gasteiger partial charge on any atom is 0.227 e. The number of aliphatic hydroxyl groups excluding tert-OH is 1. The number of halogens is 2. The molecule has 1 aromatic carbocycles. The third kappa shape index (κ3) is 3.37. The molecule has 2 rings (SSSR count). The minimum atomic E-state index is -0.256. The predicted molar refractivity (Wildman–Crippen MR) is 73.1 cm³/mol. The Morgan fingerprint density at radius 2 is 1.89 bits per heavy atom. The molecule has 0 unspecified atom stereocenters. The summed E-state index contributed by atoms with van der Waals surface area (Å²) in [5.41, 5.74) is 0.581. The second-order valence-electron chi connectivity index (χ2n) is 4.62. The van der Waals surface area contributed by atoms with Gasteiger partial charge in [-0.15, -0.1) is 0 Å². The highest BCUT2D eigenvalue weighted by Gasteiger charge is 2.25. The van der Waals surface area contributed by atoms with E-state index in [1.54, 1.807) is 18.2 Å². The van der Waals surface area contributed by atoms with Crippen LogP contribution in [0.5, 0.6) is 0 Å². The van der Waals surface area contributed by atoms with Gasteiger partial charge in [-0.05, 0) is 43.9 Å². The zero-order valence-electron chi connectivity index (χ0n) is 9.83. The first kappa shape index (κ1) is 13.7. The summed E-state index contributed by atoms with van der Waals surface area (Å²) in [4.78, 5) is 12.0. The van der Waals surface area contributed by atoms with Crippen molar-refractivity contribution in [3.8, 4) is 0 Å². The molecule has 0 saturated heterocycles. The average Bonchev–Trinajstić information content (AvgIpc) is 2.33. The third-order valence-electron chi connectivity index (χ3n) is 3.26. The first-order valence-corrected chi connectivity index (χ1v) is 6.76. The molecule has 1 aliphatic rings. The van der Waals surface area contributed by atoms with Crippen LogP contribution >= 0.6 is 23.2 Å². The van der Waals surface area contributed by atoms with Crippen molar-refractivity contribution in [2.24, 2.45) is 5.92 Å². The van der Waals surface area contributed by atoms with Gasteiger partial charge in [-0.3, -0.25) is 4.79 Å². The number of anilines is 1. The summed E-state index contributed by atoms with van der Waals surface area (Å²) >= 11 is 11.8. The van der Waals surface area contributed by atoms with E-state index in [4.69, 9.17) is 23.2 Å². The molecule has 2 N–H and O–H groups in total. The minimum absolute atomic E-state index is 0.0360. The van der Waals surface area contributed by atoms with E-state index < -0.39 is 0 Å². The molecule has 18 heavy (non-hydrogen) atoms. The molecule has 0 atom stereocenters. The van der Waals surface area contributed by atoms with Crippen LogP contribution in [0.15, 0.2) is 18.2 Å². The molecule has 98 valence electrons. The molecule has 5 heteroatoms. The largest absolute Gasteiger partial charge is 0.393 e. The fourth-order valence-corrected chi connectivity index (χ4v) is 2.62. The van der Waals surface area contributed by atoms with Gasteiger partial charge in [0, 0.05) is 10.9 Å². The van der Waals surface area contributed by atoms with Crippen molar-refractivity contribution in [3.63, 3.8) is 0 Å². The normalized spacial score (nSPS) is 23.7. The lowest BCUT2D eigenvalue weighted by atomic mass is 9.87. The van der Waals surface area contributed by atoms with Gasteiger partial charge in [-0.1, -0.05) is 23.2 Å². The first-order valence-electron chi connectivity index (χ1n) is 6.00. The molecule has 1 aliphatic carbocycles. The highest BCUT2D eigenvalue weighted by molar-refractivity contribution is 6.36. The fraction of sp³-hybridized carbons (Fsp3) is 0.462. The highest BCUT2D eigenvalue weighted by Crippen LogP contribution is 2.29. The zero-order chi connectivity index (χ0) is 13.1. The van der Waals surface area contributed by atoms with Crippen molar-refractivity contribution in [3.05, 3.63) is 28.2 Å². The van der Waals surface area contributed by atoms with Crippen molar-refractivity contribution in [2.75, 3.05) is 5.32 Å². The number of nitrogens with one attached hydrogen (secondary N) is 1. The topological polar surface area (TPSA) is 49.3 Å². The van der Waals surface area contributed by atoms with Crippen molar-refractivity contribution >= 4 is 34.8 Å². The molecule has 1 amide bonds. The number of aliphatic hydroxyl groups is 1. The number of carbonyl (C=O) groups is 1. The summed E-state index contributed by atoms with van der Waals surface area (Å²) in [6.07, 6.45) is 2.56. The molecular formula is C13H15Cl2NO2. The van der Waals surface area contributed by atoms with Crippen LogP contribution in [0.2, 0.25) is 10.0 Å². The molecule has 0 heterocycles. The van der Waals surface area contributed by atoms with E-state index in [0.29, 0.717) is 28.6 Å². The average molecular weight is 288 g/mol. The van der Waals surface area contributed by atoms with Gasteiger partial charge in [0.15, 0.2) is 0 Å². The van der Waals surface area contributed by atoms with Gasteiger partial charge in [0.05, 0.1) is 16.8 Å². The SMILES string of the molecule is O=C(Nc1ccc(Cl)cc1Cl)C1CCC(O)CC1. The number of hydrogen-bond acceptors (Lipinski definition) is 2. The van der Waals surface area contributed by atoms with Crippen LogP contribution in [0.25, 0.3) is 0 Å². The van der Waals surface area contributed by atoms with Crippen LogP contribution in [0.4, 0.5) is 5.69 Å². The number of benzene rings is 1. The minimum Gasteiger partial charge on any atom is -0.393 e. The summed E-state index contributed by atoms with van der Waals surface area (Å²) in [6, 6.07) is 4.98. The highest BCUT2D eigenvalue weighted by atomic mass is 35.5. The predicted octanol–water partition coefficient (Wildman–Crippen LogP) is 3.48. The smallest absolute Gasteiger partial charge is 0.227 e. The van der Waals surface area contributed by atoms with E-state index in [0.717, 1.165) is 12.8 Å². The molecule has 1 aromatic rings. The van der Waals surface area contributed by atoms with Crippen LogP contribution in [-0.4, -0.2) is 17.1 Å². The standard InChI is InChI=1S/C13H15Cl2NO2/c14-9-3-6-12(11(15)7-9)16-13(18)8-1-4-10(17)5-2-8/h3,6-8,10,17H,1-2,4-5H2,(H,16,18). The number of hydrogen-bond donors (Lipinski definition) is 2. The molecule has 1 saturated carbocycles. The fourth-order valence-electron chi connectivity index (χ4n) is 2.16. The molecule has 3 nitrogen and oxygen atoms in total. The van der Waals surface area contributed by atoms with E-state index in [1.165, 1.54) is 0 Å². The molecule has 0 aliphatic heterocycles. The Morgan fingerprint density at radius 1 is 1.22 bits per heavy atom. The maximum atomic E-state index is 12.0. The second kappa shape index (κ2) is 5.91. The van der Waals surface area contributed by atoms with Crippen molar-refractivity contribution in [1.82, 2.24) is 0 Å². The van der Waals surface area contributed by atoms with Crippen molar-refractivity contribution < 1.29 is 9.90 Å². The van der Waals surface area contributed by atoms with Gasteiger partial charge in [0.1, 0.15) is 0 Å². The monoisotopic (exact) mass is 287 g/mol. The molecule has 0 spiro atoms. The van der Waals surface area contributed by atoms with Crippen LogP contribution in [-0.2, 0) is 4.79 Å². The lowest BCUT2D eigenvalue weighted by Crippen LogP contribution is -2.28. The van der Waals surface area contributed by atoms with Crippen LogP contribution in [0, 0.1) is 5.92 Å². The molecule has 0 bridgehead atoms. The summed E-state index contributed by atoms with van der Waals surface area (Å²) in [5, 5.41) is 13.2. The molecule has 0 radical (unpaired) electrons. The van der Waals surface area contributed by atoms with Crippen molar-refractivity contribution in [2.45, 2.75) is 31.8 Å². The lowest BCUT2D eigenvalue weighted by Gasteiger charge is -2.24. The van der Waals surface area contributed by atoms with Crippen molar-refractivity contribution in [1.29, 1.82) is 0 Å². The van der Waals surface area contributed by atoms with E-state index in [9.17, 15) is 9.90 Å². The number of amides is 1. The van der Waals surface area contributed by atoms with Gasteiger partial charge in [0.2, 0.25) is 5.91 Å². The molecule has 1 fully saturated rings. The molecule has 0 aromatic heterocycles. The first-order chi connectivity index (χ1) is 8.56. The van der Waals surface area contributed by atoms with Gasteiger partial charge in [0.25, 0.3) is 0 Å². The lowest BCUT2D eigenvalue weighted by molar-refractivity contribution is -0.121. The van der Waals surface area contributed by atoms with Crippen LogP contribution in [0.3, 0.4) is 0 Å². The third-order valence-corrected chi connectivity index (χ3v) is 3.80. The summed E-state index contributed by atoms with van der Waals surface area (Å²) in [6.45, 7) is 0. The van der Waals surface area contributed by atoms with Gasteiger partial charge < -0.3 is 10.4 Å². The second-order valence-corrected chi connectivity index (χ2v) is 5.46. The summed E-state index contributed by atoms with van der Waals surface area (Å²) in [7, 11) is 0. The Hall–Kier alpha value is -0.770. The van der Waals surface area contributed by atoms with Gasteiger partial charge in [-0.25, -0.2) is 0 Å². The van der Waals surface area contributed by atoms with Gasteiger partial charge >= 0.3 is 0 Å². The van der Waals surface area contributed by atoms with E-state index >= 15 is 0 Å². The molecular weight excluding hydrogens is 273 g/mol. The van der Waals surface area contributed by atoms with E-state index in [-0.39, 0.29) is 17.9 Å². The number of carbonyl (C=O) groups excluding carboxylic acids is 1. The Balaban J connectivity index is 1.98. The zero-order valence-corrected chi connectivity index (χ0v) is 11.3. The Bertz CT molecular complexity index is 443. The Morgan fingerprint density at radius 3 is 2.50 bits per heavy atom. The summed E-state index contributed by atoms with van der Waals surface area (Å²) < 4.78 is 0. The van der Waals surface area contributed by atoms with Crippen LogP contribution in [0.1, 0.15) is 25.7 Å². The maximum absolute atomic E-state index is 12.0.